The van der Waals surface area contributed by atoms with Gasteiger partial charge >= 0.3 is 0 Å². The summed E-state index contributed by atoms with van der Waals surface area (Å²) in [5.41, 5.74) is -0.196. The van der Waals surface area contributed by atoms with Gasteiger partial charge in [0, 0.05) is 0 Å². The predicted molar refractivity (Wildman–Crippen MR) is 51.0 cm³/mol. The molecule has 0 unspecified atom stereocenters. The van der Waals surface area contributed by atoms with E-state index in [2.05, 4.69) is 12.1 Å². The summed E-state index contributed by atoms with van der Waals surface area (Å²) < 4.78 is 10.5. The molecule has 0 aliphatic heterocycles. The maximum Gasteiger partial charge on any atom is 0.171 e. The van der Waals surface area contributed by atoms with Crippen molar-refractivity contribution < 1.29 is 9.47 Å². The molecule has 0 saturated heterocycles. The van der Waals surface area contributed by atoms with Crippen LogP contribution in [0, 0.1) is 12.1 Å². The minimum atomic E-state index is -0.196. The minimum Gasteiger partial charge on any atom is -0.489 e. The lowest BCUT2D eigenvalue weighted by molar-refractivity contribution is 0.131. The third-order valence-corrected chi connectivity index (χ3v) is 1.33. The van der Waals surface area contributed by atoms with Crippen molar-refractivity contribution in [1.82, 2.24) is 0 Å². The molecule has 0 aliphatic rings. The second-order valence-electron chi connectivity index (χ2n) is 3.73. The molecule has 0 aliphatic carbocycles. The third kappa shape index (κ3) is 3.25. The van der Waals surface area contributed by atoms with Gasteiger partial charge < -0.3 is 9.47 Å². The van der Waals surface area contributed by atoms with Gasteiger partial charge in [0.15, 0.2) is 11.5 Å². The van der Waals surface area contributed by atoms with Crippen LogP contribution in [0.5, 0.6) is 11.5 Å². The van der Waals surface area contributed by atoms with E-state index in [1.807, 2.05) is 26.8 Å². The summed E-state index contributed by atoms with van der Waals surface area (Å²) in [7, 11) is 1.60. The van der Waals surface area contributed by atoms with E-state index < -0.39 is 0 Å². The summed E-state index contributed by atoms with van der Waals surface area (Å²) >= 11 is 0. The van der Waals surface area contributed by atoms with Crippen molar-refractivity contribution >= 4 is 0 Å². The van der Waals surface area contributed by atoms with E-state index in [0.717, 1.165) is 0 Å². The molecule has 2 heteroatoms. The standard InChI is InChI=1S/C11H14O2/c1-11(2,3)13-10-7-5-9(12-4)6-8-10/h5,7H,1-4H3. The highest BCUT2D eigenvalue weighted by Gasteiger charge is 2.11. The molecule has 0 radical (unpaired) electrons. The van der Waals surface area contributed by atoms with Gasteiger partial charge in [0.05, 0.1) is 7.11 Å². The molecule has 0 bridgehead atoms. The minimum absolute atomic E-state index is 0.196. The van der Waals surface area contributed by atoms with Crippen LogP contribution in [0.25, 0.3) is 0 Å². The number of methoxy groups -OCH3 is 1. The Morgan fingerprint density at radius 1 is 1.08 bits per heavy atom. The molecule has 0 N–H and O–H groups in total. The Morgan fingerprint density at radius 3 is 2.00 bits per heavy atom. The summed E-state index contributed by atoms with van der Waals surface area (Å²) in [6.07, 6.45) is 0. The molecule has 1 rings (SSSR count). The molecule has 1 aromatic carbocycles. The fourth-order valence-corrected chi connectivity index (χ4v) is 0.866. The highest BCUT2D eigenvalue weighted by molar-refractivity contribution is 5.24. The quantitative estimate of drug-likeness (QED) is 0.692. The zero-order valence-electron chi connectivity index (χ0n) is 8.47. The fourth-order valence-electron chi connectivity index (χ4n) is 0.866. The number of hydrogen-bond acceptors (Lipinski definition) is 2. The van der Waals surface area contributed by atoms with Crippen molar-refractivity contribution in [2.45, 2.75) is 26.4 Å². The maximum absolute atomic E-state index is 5.56. The van der Waals surface area contributed by atoms with Crippen LogP contribution in [0.4, 0.5) is 0 Å². The Hall–Kier alpha value is -1.36. The summed E-state index contributed by atoms with van der Waals surface area (Å²) in [5.74, 6) is 1.36. The molecular formula is C11H14O2. The van der Waals surface area contributed by atoms with Gasteiger partial charge in [-0.25, -0.2) is 0 Å². The molecule has 13 heavy (non-hydrogen) atoms. The van der Waals surface area contributed by atoms with Crippen LogP contribution >= 0.6 is 0 Å². The second kappa shape index (κ2) is 3.57. The van der Waals surface area contributed by atoms with Gasteiger partial charge in [0.1, 0.15) is 5.60 Å². The smallest absolute Gasteiger partial charge is 0.171 e. The average molecular weight is 178 g/mol. The normalized spacial score (nSPS) is 10.5. The van der Waals surface area contributed by atoms with Crippen LogP contribution in [-0.2, 0) is 0 Å². The summed E-state index contributed by atoms with van der Waals surface area (Å²) in [6.45, 7) is 5.97. The summed E-state index contributed by atoms with van der Waals surface area (Å²) in [4.78, 5) is 0. The third-order valence-electron chi connectivity index (χ3n) is 1.33. The zero-order chi connectivity index (χ0) is 9.90. The maximum atomic E-state index is 5.56. The topological polar surface area (TPSA) is 18.5 Å². The first-order valence-corrected chi connectivity index (χ1v) is 4.18. The van der Waals surface area contributed by atoms with Crippen molar-refractivity contribution in [2.24, 2.45) is 0 Å². The van der Waals surface area contributed by atoms with Gasteiger partial charge in [-0.3, -0.25) is 0 Å². The monoisotopic (exact) mass is 178 g/mol. The Labute approximate surface area is 79.5 Å². The van der Waals surface area contributed by atoms with E-state index in [0.29, 0.717) is 11.5 Å². The lowest BCUT2D eigenvalue weighted by atomic mass is 10.2. The Bertz CT molecular complexity index is 256. The fraction of sp³-hybridized carbons (Fsp3) is 0.455. The van der Waals surface area contributed by atoms with Crippen molar-refractivity contribution in [3.05, 3.63) is 24.3 Å². The van der Waals surface area contributed by atoms with Crippen LogP contribution in [0.1, 0.15) is 20.8 Å². The molecule has 0 aromatic heterocycles. The van der Waals surface area contributed by atoms with Gasteiger partial charge in [0.2, 0.25) is 0 Å². The Morgan fingerprint density at radius 2 is 1.62 bits per heavy atom. The van der Waals surface area contributed by atoms with Gasteiger partial charge in [-0.05, 0) is 45.0 Å². The van der Waals surface area contributed by atoms with Gasteiger partial charge in [0.25, 0.3) is 0 Å². The van der Waals surface area contributed by atoms with Crippen LogP contribution in [0.15, 0.2) is 12.1 Å². The molecule has 0 spiro atoms. The molecule has 0 fully saturated rings. The first kappa shape index (κ1) is 9.73. The first-order chi connectivity index (χ1) is 6.01. The van der Waals surface area contributed by atoms with E-state index in [-0.39, 0.29) is 5.60 Å². The number of ether oxygens (including phenoxy) is 2. The lowest BCUT2D eigenvalue weighted by Gasteiger charge is -2.19. The summed E-state index contributed by atoms with van der Waals surface area (Å²) in [5, 5.41) is 0. The largest absolute Gasteiger partial charge is 0.489 e. The molecule has 0 amide bonds. The first-order valence-electron chi connectivity index (χ1n) is 4.18. The van der Waals surface area contributed by atoms with Crippen LogP contribution < -0.4 is 9.47 Å². The van der Waals surface area contributed by atoms with E-state index in [1.165, 1.54) is 0 Å². The van der Waals surface area contributed by atoms with E-state index in [4.69, 9.17) is 9.47 Å². The molecule has 2 nitrogen and oxygen atoms in total. The molecule has 0 heterocycles. The van der Waals surface area contributed by atoms with E-state index >= 15 is 0 Å². The van der Waals surface area contributed by atoms with Gasteiger partial charge in [-0.2, -0.15) is 0 Å². The Kier molecular flexibility index (Phi) is 2.67. The van der Waals surface area contributed by atoms with E-state index in [9.17, 15) is 0 Å². The van der Waals surface area contributed by atoms with Crippen molar-refractivity contribution in [1.29, 1.82) is 0 Å². The SMILES string of the molecule is COc1c#cc(OC(C)(C)C)cc1. The highest BCUT2D eigenvalue weighted by Crippen LogP contribution is 2.17. The highest BCUT2D eigenvalue weighted by atomic mass is 16.5. The molecule has 70 valence electrons. The van der Waals surface area contributed by atoms with Crippen molar-refractivity contribution in [3.8, 4) is 11.5 Å². The zero-order valence-corrected chi connectivity index (χ0v) is 8.47. The van der Waals surface area contributed by atoms with Crippen LogP contribution in [-0.4, -0.2) is 12.7 Å². The average Bonchev–Trinajstić information content (AvgIpc) is 2.03. The molecule has 0 atom stereocenters. The summed E-state index contributed by atoms with van der Waals surface area (Å²) in [6, 6.07) is 9.33. The second-order valence-corrected chi connectivity index (χ2v) is 3.73. The van der Waals surface area contributed by atoms with E-state index in [1.54, 1.807) is 13.2 Å². The van der Waals surface area contributed by atoms with Crippen molar-refractivity contribution in [3.63, 3.8) is 0 Å². The molecule has 0 saturated carbocycles. The van der Waals surface area contributed by atoms with Gasteiger partial charge in [-0.15, -0.1) is 0 Å². The molecule has 1 aromatic rings. The van der Waals surface area contributed by atoms with Crippen molar-refractivity contribution in [2.75, 3.05) is 7.11 Å². The predicted octanol–water partition coefficient (Wildman–Crippen LogP) is 2.47. The van der Waals surface area contributed by atoms with Crippen LogP contribution in [0.3, 0.4) is 0 Å². The lowest BCUT2D eigenvalue weighted by Crippen LogP contribution is -2.22. The Balaban J connectivity index is 2.70. The van der Waals surface area contributed by atoms with Gasteiger partial charge in [-0.1, -0.05) is 0 Å². The number of rotatable bonds is 2. The number of hydrogen-bond donors (Lipinski definition) is 0. The van der Waals surface area contributed by atoms with Crippen LogP contribution in [0.2, 0.25) is 0 Å². The molecular weight excluding hydrogens is 164 g/mol.